The molecule has 166 valence electrons. The Morgan fingerprint density at radius 1 is 1.26 bits per heavy atom. The second-order valence-electron chi connectivity index (χ2n) is 8.04. The largest absolute Gasteiger partial charge is 0.458 e. The van der Waals surface area contributed by atoms with E-state index in [1.54, 1.807) is 16.6 Å². The monoisotopic (exact) mass is 446 g/mol. The molecule has 0 atom stereocenters. The lowest BCUT2D eigenvalue weighted by Crippen LogP contribution is -2.39. The fourth-order valence-electron chi connectivity index (χ4n) is 4.00. The maximum Gasteiger partial charge on any atom is 0.214 e. The van der Waals surface area contributed by atoms with Gasteiger partial charge in [-0.25, -0.2) is 27.1 Å². The van der Waals surface area contributed by atoms with Crippen LogP contribution in [-0.2, 0) is 10.0 Å². The molecule has 0 radical (unpaired) electrons. The molecule has 0 bridgehead atoms. The number of anilines is 2. The van der Waals surface area contributed by atoms with E-state index in [9.17, 15) is 12.8 Å². The molecule has 1 aromatic carbocycles. The predicted octanol–water partition coefficient (Wildman–Crippen LogP) is 4.72. The van der Waals surface area contributed by atoms with Gasteiger partial charge in [0.15, 0.2) is 11.4 Å². The molecular formula is C22H27FN4O3S. The minimum Gasteiger partial charge on any atom is -0.458 e. The number of fused-ring (bicyclic) bond motifs is 1. The molecule has 1 fully saturated rings. The van der Waals surface area contributed by atoms with Gasteiger partial charge in [0.1, 0.15) is 17.7 Å². The van der Waals surface area contributed by atoms with E-state index in [1.807, 2.05) is 19.9 Å². The van der Waals surface area contributed by atoms with Crippen LogP contribution in [-0.4, -0.2) is 41.5 Å². The van der Waals surface area contributed by atoms with Gasteiger partial charge in [0, 0.05) is 18.7 Å². The Morgan fingerprint density at radius 2 is 2.03 bits per heavy atom. The molecule has 0 saturated carbocycles. The summed E-state index contributed by atoms with van der Waals surface area (Å²) in [6.07, 6.45) is 6.06. The number of nitrogens with zero attached hydrogens (tertiary/aromatic N) is 3. The zero-order valence-electron chi connectivity index (χ0n) is 17.8. The van der Waals surface area contributed by atoms with Crippen LogP contribution in [0.1, 0.15) is 49.7 Å². The van der Waals surface area contributed by atoms with E-state index >= 15 is 0 Å². The van der Waals surface area contributed by atoms with Crippen molar-refractivity contribution in [1.82, 2.24) is 14.3 Å². The van der Waals surface area contributed by atoms with Crippen molar-refractivity contribution in [3.8, 4) is 0 Å². The van der Waals surface area contributed by atoms with Gasteiger partial charge in [-0.1, -0.05) is 19.4 Å². The molecule has 4 rings (SSSR count). The first-order valence-electron chi connectivity index (χ1n) is 10.6. The number of unbranched alkanes of at least 4 members (excludes halogenated alkanes) is 1. The van der Waals surface area contributed by atoms with Crippen LogP contribution in [0, 0.1) is 12.7 Å². The summed E-state index contributed by atoms with van der Waals surface area (Å²) >= 11 is 0. The maximum absolute atomic E-state index is 14.3. The van der Waals surface area contributed by atoms with E-state index in [0.717, 1.165) is 17.5 Å². The Bertz CT molecular complexity index is 1170. The van der Waals surface area contributed by atoms with Crippen LogP contribution in [0.15, 0.2) is 35.2 Å². The number of halogens is 1. The van der Waals surface area contributed by atoms with Gasteiger partial charge in [-0.15, -0.1) is 0 Å². The van der Waals surface area contributed by atoms with E-state index in [0.29, 0.717) is 55.0 Å². The molecule has 2 aromatic heterocycles. The molecule has 9 heteroatoms. The molecule has 1 saturated heterocycles. The first-order valence-corrected chi connectivity index (χ1v) is 12.2. The molecule has 31 heavy (non-hydrogen) atoms. The summed E-state index contributed by atoms with van der Waals surface area (Å²) in [5.74, 6) is 0.396. The lowest BCUT2D eigenvalue weighted by atomic mass is 9.91. The molecule has 3 heterocycles. The van der Waals surface area contributed by atoms with E-state index in [4.69, 9.17) is 4.42 Å². The highest BCUT2D eigenvalue weighted by Gasteiger charge is 2.30. The summed E-state index contributed by atoms with van der Waals surface area (Å²) in [6, 6.07) is 4.94. The molecule has 1 aliphatic rings. The van der Waals surface area contributed by atoms with Gasteiger partial charge in [0.2, 0.25) is 10.0 Å². The Hall–Kier alpha value is -2.52. The molecule has 0 spiro atoms. The Kier molecular flexibility index (Phi) is 6.24. The first kappa shape index (κ1) is 21.7. The van der Waals surface area contributed by atoms with Crippen molar-refractivity contribution in [3.05, 3.63) is 47.7 Å². The molecule has 0 aliphatic carbocycles. The minimum absolute atomic E-state index is 0.151. The molecular weight excluding hydrogens is 419 g/mol. The summed E-state index contributed by atoms with van der Waals surface area (Å²) in [6.45, 7) is 4.81. The van der Waals surface area contributed by atoms with Crippen LogP contribution in [0.2, 0.25) is 0 Å². The lowest BCUT2D eigenvalue weighted by molar-refractivity contribution is 0.319. The van der Waals surface area contributed by atoms with Gasteiger partial charge in [-0.3, -0.25) is 0 Å². The standard InChI is InChI=1S/C22H27FN4O3S/c1-3-4-11-31(28,29)27-9-7-16(8-10-27)17-13-30-21-20(17)24-14-25-22(21)26-19-6-5-15(2)12-18(19)23/h5-6,12-14,16H,3-4,7-11H2,1-2H3,(H,24,25,26). The molecule has 1 aliphatic heterocycles. The second kappa shape index (κ2) is 8.92. The highest BCUT2D eigenvalue weighted by atomic mass is 32.2. The quantitative estimate of drug-likeness (QED) is 0.565. The summed E-state index contributed by atoms with van der Waals surface area (Å²) in [5, 5.41) is 3.00. The summed E-state index contributed by atoms with van der Waals surface area (Å²) < 4.78 is 46.6. The van der Waals surface area contributed by atoms with Crippen LogP contribution >= 0.6 is 0 Å². The first-order chi connectivity index (χ1) is 14.9. The normalized spacial score (nSPS) is 16.1. The zero-order chi connectivity index (χ0) is 22.0. The fraction of sp³-hybridized carbons (Fsp3) is 0.455. The summed E-state index contributed by atoms with van der Waals surface area (Å²) in [7, 11) is -3.19. The van der Waals surface area contributed by atoms with Crippen LogP contribution in [0.25, 0.3) is 11.1 Å². The van der Waals surface area contributed by atoms with E-state index in [2.05, 4.69) is 15.3 Å². The smallest absolute Gasteiger partial charge is 0.214 e. The Labute approximate surface area is 181 Å². The van der Waals surface area contributed by atoms with E-state index in [1.165, 1.54) is 12.4 Å². The average molecular weight is 447 g/mol. The summed E-state index contributed by atoms with van der Waals surface area (Å²) in [4.78, 5) is 8.62. The zero-order valence-corrected chi connectivity index (χ0v) is 18.6. The topological polar surface area (TPSA) is 88.3 Å². The van der Waals surface area contributed by atoms with Crippen molar-refractivity contribution < 1.29 is 17.2 Å². The van der Waals surface area contributed by atoms with Gasteiger partial charge < -0.3 is 9.73 Å². The Balaban J connectivity index is 1.52. The Morgan fingerprint density at radius 3 is 2.74 bits per heavy atom. The maximum atomic E-state index is 14.3. The van der Waals surface area contributed by atoms with Crippen LogP contribution in [0.4, 0.5) is 15.9 Å². The van der Waals surface area contributed by atoms with Crippen LogP contribution in [0.5, 0.6) is 0 Å². The third-order valence-electron chi connectivity index (χ3n) is 5.80. The average Bonchev–Trinajstić information content (AvgIpc) is 3.19. The number of hydrogen-bond acceptors (Lipinski definition) is 6. The number of piperidine rings is 1. The van der Waals surface area contributed by atoms with Crippen LogP contribution < -0.4 is 5.32 Å². The van der Waals surface area contributed by atoms with Crippen molar-refractivity contribution >= 4 is 32.6 Å². The number of hydrogen-bond donors (Lipinski definition) is 1. The molecule has 1 N–H and O–H groups in total. The van der Waals surface area contributed by atoms with Crippen molar-refractivity contribution in [3.63, 3.8) is 0 Å². The molecule has 3 aromatic rings. The van der Waals surface area contributed by atoms with Crippen molar-refractivity contribution in [2.45, 2.75) is 45.4 Å². The third kappa shape index (κ3) is 4.57. The third-order valence-corrected chi connectivity index (χ3v) is 7.76. The molecule has 0 amide bonds. The van der Waals surface area contributed by atoms with Crippen molar-refractivity contribution in [2.75, 3.05) is 24.2 Å². The number of aryl methyl sites for hydroxylation is 1. The number of nitrogens with one attached hydrogen (secondary N) is 1. The second-order valence-corrected chi connectivity index (χ2v) is 10.1. The van der Waals surface area contributed by atoms with Gasteiger partial charge in [-0.05, 0) is 49.8 Å². The summed E-state index contributed by atoms with van der Waals surface area (Å²) in [5.41, 5.74) is 3.23. The van der Waals surface area contributed by atoms with Gasteiger partial charge in [0.05, 0.1) is 17.7 Å². The van der Waals surface area contributed by atoms with Crippen LogP contribution in [0.3, 0.4) is 0 Å². The minimum atomic E-state index is -3.19. The number of benzene rings is 1. The number of sulfonamides is 1. The SMILES string of the molecule is CCCCS(=O)(=O)N1CCC(c2coc3c(Nc4ccc(C)cc4F)ncnc23)CC1. The fourth-order valence-corrected chi connectivity index (χ4v) is 5.68. The molecule has 0 unspecified atom stereocenters. The van der Waals surface area contributed by atoms with Crippen molar-refractivity contribution in [1.29, 1.82) is 0 Å². The van der Waals surface area contributed by atoms with E-state index < -0.39 is 10.0 Å². The predicted molar refractivity (Wildman–Crippen MR) is 118 cm³/mol. The van der Waals surface area contributed by atoms with E-state index in [-0.39, 0.29) is 17.5 Å². The van der Waals surface area contributed by atoms with Gasteiger partial charge in [0.25, 0.3) is 0 Å². The highest BCUT2D eigenvalue weighted by Crippen LogP contribution is 2.36. The van der Waals surface area contributed by atoms with Gasteiger partial charge >= 0.3 is 0 Å². The highest BCUT2D eigenvalue weighted by molar-refractivity contribution is 7.89. The number of aromatic nitrogens is 2. The number of rotatable bonds is 7. The van der Waals surface area contributed by atoms with Crippen molar-refractivity contribution in [2.24, 2.45) is 0 Å². The lowest BCUT2D eigenvalue weighted by Gasteiger charge is -2.30. The molecule has 7 nitrogen and oxygen atoms in total. The number of furan rings is 1. The van der Waals surface area contributed by atoms with Gasteiger partial charge in [-0.2, -0.15) is 0 Å².